The lowest BCUT2D eigenvalue weighted by Gasteiger charge is -2.19. The second kappa shape index (κ2) is 4.88. The highest BCUT2D eigenvalue weighted by atomic mass is 79.9. The molecule has 1 heterocycles. The van der Waals surface area contributed by atoms with Crippen molar-refractivity contribution in [3.8, 4) is 0 Å². The van der Waals surface area contributed by atoms with E-state index in [9.17, 15) is 4.79 Å². The minimum atomic E-state index is -0.453. The lowest BCUT2D eigenvalue weighted by Crippen LogP contribution is -2.34. The van der Waals surface area contributed by atoms with Crippen molar-refractivity contribution in [1.82, 2.24) is 10.3 Å². The molecule has 0 radical (unpaired) electrons. The highest BCUT2D eigenvalue weighted by Crippen LogP contribution is 2.41. The number of alkyl carbamates (subject to hydrolysis) is 1. The Morgan fingerprint density at radius 1 is 1.50 bits per heavy atom. The molecule has 1 amide bonds. The van der Waals surface area contributed by atoms with Gasteiger partial charge in [-0.3, -0.25) is 4.98 Å². The van der Waals surface area contributed by atoms with E-state index in [4.69, 9.17) is 4.74 Å². The van der Waals surface area contributed by atoms with E-state index in [1.54, 1.807) is 6.20 Å². The molecule has 0 saturated heterocycles. The number of carbonyl (C=O) groups is 1. The topological polar surface area (TPSA) is 51.2 Å². The third-order valence-electron chi connectivity index (χ3n) is 2.65. The van der Waals surface area contributed by atoms with Gasteiger partial charge in [0.05, 0.1) is 0 Å². The van der Waals surface area contributed by atoms with Crippen molar-refractivity contribution >= 4 is 22.0 Å². The minimum absolute atomic E-state index is 0.163. The molecule has 1 saturated carbocycles. The van der Waals surface area contributed by atoms with Crippen molar-refractivity contribution in [1.29, 1.82) is 0 Å². The van der Waals surface area contributed by atoms with Gasteiger partial charge in [0.25, 0.3) is 0 Å². The fraction of sp³-hybridized carbons (Fsp3) is 0.538. The van der Waals surface area contributed by atoms with Crippen molar-refractivity contribution in [2.75, 3.05) is 0 Å². The summed E-state index contributed by atoms with van der Waals surface area (Å²) in [7, 11) is 0. The first-order chi connectivity index (χ1) is 8.35. The molecule has 1 fully saturated rings. The number of carbonyl (C=O) groups excluding carboxylic acids is 1. The molecule has 0 aromatic carbocycles. The number of rotatable bonds is 2. The molecule has 2 unspecified atom stereocenters. The normalized spacial score (nSPS) is 22.4. The summed E-state index contributed by atoms with van der Waals surface area (Å²) in [5.41, 5.74) is 0.691. The zero-order valence-corrected chi connectivity index (χ0v) is 12.3. The predicted octanol–water partition coefficient (Wildman–Crippen LogP) is 3.22. The smallest absolute Gasteiger partial charge is 0.407 e. The quantitative estimate of drug-likeness (QED) is 0.912. The Hall–Kier alpha value is -1.10. The predicted molar refractivity (Wildman–Crippen MR) is 72.5 cm³/mol. The molecule has 5 heteroatoms. The first-order valence-corrected chi connectivity index (χ1v) is 6.74. The van der Waals surface area contributed by atoms with Crippen LogP contribution in [0.25, 0.3) is 0 Å². The van der Waals surface area contributed by atoms with Gasteiger partial charge in [0.15, 0.2) is 0 Å². The molecular formula is C13H17BrN2O2. The van der Waals surface area contributed by atoms with Crippen molar-refractivity contribution in [2.24, 2.45) is 0 Å². The molecule has 1 aliphatic rings. The summed E-state index contributed by atoms with van der Waals surface area (Å²) in [6, 6.07) is 2.20. The molecule has 4 nitrogen and oxygen atoms in total. The van der Waals surface area contributed by atoms with Crippen molar-refractivity contribution in [3.05, 3.63) is 28.5 Å². The van der Waals surface area contributed by atoms with Gasteiger partial charge in [-0.2, -0.15) is 0 Å². The highest BCUT2D eigenvalue weighted by Gasteiger charge is 2.40. The SMILES string of the molecule is CC(C)(C)OC(=O)NC1CC1c1cncc(Br)c1. The maximum absolute atomic E-state index is 11.6. The van der Waals surface area contributed by atoms with Gasteiger partial charge in [-0.05, 0) is 54.8 Å². The Morgan fingerprint density at radius 2 is 2.22 bits per heavy atom. The van der Waals surface area contributed by atoms with E-state index in [1.165, 1.54) is 0 Å². The number of hydrogen-bond acceptors (Lipinski definition) is 3. The molecule has 98 valence electrons. The summed E-state index contributed by atoms with van der Waals surface area (Å²) in [6.07, 6.45) is 4.18. The van der Waals surface area contributed by atoms with Crippen LogP contribution in [-0.4, -0.2) is 22.7 Å². The van der Waals surface area contributed by atoms with Gasteiger partial charge in [0, 0.05) is 28.8 Å². The fourth-order valence-electron chi connectivity index (χ4n) is 1.81. The van der Waals surface area contributed by atoms with E-state index in [0.717, 1.165) is 16.5 Å². The molecule has 1 N–H and O–H groups in total. The summed E-state index contributed by atoms with van der Waals surface area (Å²) < 4.78 is 6.18. The van der Waals surface area contributed by atoms with Crippen LogP contribution in [0.4, 0.5) is 4.79 Å². The standard InChI is InChI=1S/C13H17BrN2O2/c1-13(2,3)18-12(17)16-11-5-10(11)8-4-9(14)7-15-6-8/h4,6-7,10-11H,5H2,1-3H3,(H,16,17). The summed E-state index contributed by atoms with van der Waals surface area (Å²) in [5, 5.41) is 2.87. The van der Waals surface area contributed by atoms with Crippen LogP contribution < -0.4 is 5.32 Å². The van der Waals surface area contributed by atoms with Gasteiger partial charge < -0.3 is 10.1 Å². The monoisotopic (exact) mass is 312 g/mol. The van der Waals surface area contributed by atoms with Crippen LogP contribution in [0.5, 0.6) is 0 Å². The molecule has 0 aliphatic heterocycles. The van der Waals surface area contributed by atoms with Crippen LogP contribution in [0.3, 0.4) is 0 Å². The van der Waals surface area contributed by atoms with E-state index in [2.05, 4.69) is 26.2 Å². The van der Waals surface area contributed by atoms with Gasteiger partial charge in [-0.15, -0.1) is 0 Å². The third-order valence-corrected chi connectivity index (χ3v) is 3.08. The first kappa shape index (κ1) is 13.3. The van der Waals surface area contributed by atoms with Crippen LogP contribution >= 0.6 is 15.9 Å². The Labute approximate surface area is 115 Å². The van der Waals surface area contributed by atoms with Crippen LogP contribution in [0, 0.1) is 0 Å². The first-order valence-electron chi connectivity index (χ1n) is 5.95. The van der Waals surface area contributed by atoms with Crippen LogP contribution in [0.2, 0.25) is 0 Å². The molecule has 0 spiro atoms. The van der Waals surface area contributed by atoms with E-state index < -0.39 is 5.60 Å². The molecule has 1 aromatic heterocycles. The van der Waals surface area contributed by atoms with Gasteiger partial charge in [0.1, 0.15) is 5.60 Å². The number of pyridine rings is 1. The van der Waals surface area contributed by atoms with E-state index >= 15 is 0 Å². The summed E-state index contributed by atoms with van der Waals surface area (Å²) in [5.74, 6) is 0.350. The maximum Gasteiger partial charge on any atom is 0.407 e. The molecule has 2 atom stereocenters. The summed E-state index contributed by atoms with van der Waals surface area (Å²) >= 11 is 3.39. The third kappa shape index (κ3) is 3.70. The summed E-state index contributed by atoms with van der Waals surface area (Å²) in [4.78, 5) is 15.7. The van der Waals surface area contributed by atoms with Gasteiger partial charge >= 0.3 is 6.09 Å². The molecule has 2 rings (SSSR count). The Morgan fingerprint density at radius 3 is 2.83 bits per heavy atom. The molecule has 18 heavy (non-hydrogen) atoms. The number of hydrogen-bond donors (Lipinski definition) is 1. The Balaban J connectivity index is 1.87. The number of amides is 1. The second-order valence-electron chi connectivity index (χ2n) is 5.53. The van der Waals surface area contributed by atoms with E-state index in [0.29, 0.717) is 5.92 Å². The number of nitrogens with one attached hydrogen (secondary N) is 1. The van der Waals surface area contributed by atoms with Crippen LogP contribution in [0.1, 0.15) is 38.7 Å². The molecule has 1 aliphatic carbocycles. The average Bonchev–Trinajstić information content (AvgIpc) is 2.93. The van der Waals surface area contributed by atoms with E-state index in [-0.39, 0.29) is 12.1 Å². The largest absolute Gasteiger partial charge is 0.444 e. The minimum Gasteiger partial charge on any atom is -0.444 e. The molecule has 1 aromatic rings. The van der Waals surface area contributed by atoms with Crippen molar-refractivity contribution < 1.29 is 9.53 Å². The van der Waals surface area contributed by atoms with Gasteiger partial charge in [0.2, 0.25) is 0 Å². The number of ether oxygens (including phenoxy) is 1. The molecular weight excluding hydrogens is 296 g/mol. The van der Waals surface area contributed by atoms with Crippen LogP contribution in [-0.2, 0) is 4.74 Å². The van der Waals surface area contributed by atoms with Gasteiger partial charge in [-0.1, -0.05) is 0 Å². The number of halogens is 1. The average molecular weight is 313 g/mol. The lowest BCUT2D eigenvalue weighted by atomic mass is 10.2. The van der Waals surface area contributed by atoms with Crippen molar-refractivity contribution in [3.63, 3.8) is 0 Å². The number of nitrogens with zero attached hydrogens (tertiary/aromatic N) is 1. The second-order valence-corrected chi connectivity index (χ2v) is 6.45. The lowest BCUT2D eigenvalue weighted by molar-refractivity contribution is 0.0523. The molecule has 0 bridgehead atoms. The van der Waals surface area contributed by atoms with Crippen molar-refractivity contribution in [2.45, 2.75) is 44.8 Å². The van der Waals surface area contributed by atoms with Crippen LogP contribution in [0.15, 0.2) is 22.9 Å². The van der Waals surface area contributed by atoms with E-state index in [1.807, 2.05) is 33.0 Å². The Bertz CT molecular complexity index is 457. The zero-order chi connectivity index (χ0) is 13.3. The highest BCUT2D eigenvalue weighted by molar-refractivity contribution is 9.10. The summed E-state index contributed by atoms with van der Waals surface area (Å²) in [6.45, 7) is 5.57. The fourth-order valence-corrected chi connectivity index (χ4v) is 2.20. The number of aromatic nitrogens is 1. The van der Waals surface area contributed by atoms with Gasteiger partial charge in [-0.25, -0.2) is 4.79 Å². The maximum atomic E-state index is 11.6. The zero-order valence-electron chi connectivity index (χ0n) is 10.7. The Kier molecular flexibility index (Phi) is 3.61.